The molecule has 46 heteroatoms. The number of rotatable bonds is 26. The number of phenolic OH excluding ortho intramolecular Hbond substituents is 24. The van der Waals surface area contributed by atoms with Gasteiger partial charge in [0.15, 0.2) is 162 Å². The molecule has 0 spiro atoms. The van der Waals surface area contributed by atoms with Gasteiger partial charge in [-0.25, -0.2) is 38.4 Å². The van der Waals surface area contributed by atoms with Gasteiger partial charge in [0, 0.05) is 12.8 Å². The zero-order valence-electron chi connectivity index (χ0n) is 60.7. The van der Waals surface area contributed by atoms with E-state index in [4.69, 9.17) is 56.8 Å². The Labute approximate surface area is 671 Å². The maximum atomic E-state index is 14.4. The van der Waals surface area contributed by atoms with Crippen LogP contribution in [0.3, 0.4) is 0 Å². The fraction of sp³-hybridized carbons (Fsp3) is 0.227. The third-order valence-corrected chi connectivity index (χ3v) is 17.6. The minimum atomic E-state index is -2.66. The van der Waals surface area contributed by atoms with Crippen LogP contribution in [0.2, 0.25) is 0 Å². The highest BCUT2D eigenvalue weighted by Crippen LogP contribution is 2.45. The standard InChI is InChI=1S/C75H64O46/c76-32-6-24(7-33(77)52(32)94)66(102)110-22-48-60(116-68(104)26-10-36(80)54(96)37(81)11-26)62(118-70(106)28-14-40(84)56(98)41(85)15-28)64(120-72(108)30-18-44(88)58(100)45(89)19-30)74(112-48)114-50(92)4-2-1-3-5-51(93)115-75-65(121-73(109)31-20-46(90)59(101)47(91)21-31)63(119-71(107)29-16-42(86)57(99)43(87)17-29)61(117-69(105)27-12-38(82)55(97)39(83)13-27)49(113-75)23-111-67(103)25-8-34(78)53(95)35(79)9-25/h6-21,48-49,60-65,74-91,94-101H,1-5,22-23H2/t48-,49-,60-,61-,62+,63+,64-,65-,74+,75+/m1/s1. The molecule has 8 aromatic carbocycles. The van der Waals surface area contributed by atoms with E-state index in [-0.39, 0.29) is 6.42 Å². The van der Waals surface area contributed by atoms with Gasteiger partial charge in [-0.2, -0.15) is 0 Å². The smallest absolute Gasteiger partial charge is 0.339 e. The van der Waals surface area contributed by atoms with E-state index in [0.29, 0.717) is 97.1 Å². The van der Waals surface area contributed by atoms with E-state index in [1.54, 1.807) is 0 Å². The van der Waals surface area contributed by atoms with Gasteiger partial charge in [-0.15, -0.1) is 0 Å². The van der Waals surface area contributed by atoms with Crippen molar-refractivity contribution in [1.29, 1.82) is 0 Å². The predicted molar refractivity (Wildman–Crippen MR) is 380 cm³/mol. The Morgan fingerprint density at radius 3 is 0.570 bits per heavy atom. The summed E-state index contributed by atoms with van der Waals surface area (Å²) in [6.07, 6.45) is -28.6. The summed E-state index contributed by atoms with van der Waals surface area (Å²) in [7, 11) is 0. The molecule has 0 amide bonds. The second-order valence-electron chi connectivity index (χ2n) is 25.9. The Balaban J connectivity index is 0.977. The van der Waals surface area contributed by atoms with Gasteiger partial charge >= 0.3 is 59.7 Å². The first-order valence-electron chi connectivity index (χ1n) is 34.3. The molecule has 2 aliphatic rings. The Kier molecular flexibility index (Phi) is 25.7. The van der Waals surface area contributed by atoms with Crippen molar-refractivity contribution in [3.05, 3.63) is 142 Å². The highest BCUT2D eigenvalue weighted by molar-refractivity contribution is 5.96. The lowest BCUT2D eigenvalue weighted by atomic mass is 9.97. The minimum absolute atomic E-state index is 0.332. The average Bonchev–Trinajstić information content (AvgIpc) is 0.770. The number of hydrogen-bond acceptors (Lipinski definition) is 46. The SMILES string of the molecule is O=C(CCCCCC(=O)O[C@@H]1O[C@H](COC(=O)c2cc(O)c(O)c(O)c2)[C@@H](OC(=O)c2cc(O)c(O)c(O)c2)[C@H](OC(=O)c2cc(O)c(O)c(O)c2)[C@H]1OC(=O)c1cc(O)c(O)c(O)c1)O[C@@H]1O[C@H](COC(=O)c2cc(O)c(O)c(O)c2)[C@@H](OC(=O)c2cc(O)c(O)c(O)c2)[C@H](OC(=O)c2cc(O)c(O)c(O)c2)[C@H]1OC(=O)c1cc(O)c(O)c(O)c1. The molecular formula is C75H64O46. The molecule has 0 aliphatic carbocycles. The van der Waals surface area contributed by atoms with Crippen LogP contribution in [0.4, 0.5) is 0 Å². The molecule has 0 radical (unpaired) electrons. The van der Waals surface area contributed by atoms with E-state index >= 15 is 0 Å². The Morgan fingerprint density at radius 1 is 0.215 bits per heavy atom. The first-order valence-corrected chi connectivity index (χ1v) is 34.3. The van der Waals surface area contributed by atoms with Crippen molar-refractivity contribution < 1.29 is 227 Å². The molecule has 2 aliphatic heterocycles. The van der Waals surface area contributed by atoms with Gasteiger partial charge < -0.3 is 179 Å². The van der Waals surface area contributed by atoms with Gasteiger partial charge in [0.25, 0.3) is 0 Å². The molecule has 2 fully saturated rings. The maximum absolute atomic E-state index is 14.4. The van der Waals surface area contributed by atoms with E-state index in [2.05, 4.69) is 0 Å². The quantitative estimate of drug-likeness (QED) is 0.0160. The zero-order chi connectivity index (χ0) is 88.8. The normalized spacial score (nSPS) is 18.5. The van der Waals surface area contributed by atoms with Gasteiger partial charge in [-0.3, -0.25) is 9.59 Å². The summed E-state index contributed by atoms with van der Waals surface area (Å²) in [4.78, 5) is 142. The van der Waals surface area contributed by atoms with Crippen LogP contribution in [0.5, 0.6) is 138 Å². The Bertz CT molecular complexity index is 4940. The van der Waals surface area contributed by atoms with Crippen molar-refractivity contribution in [2.24, 2.45) is 0 Å². The van der Waals surface area contributed by atoms with Crippen molar-refractivity contribution >= 4 is 59.7 Å². The van der Waals surface area contributed by atoms with E-state index in [1.807, 2.05) is 0 Å². The monoisotopic (exact) mass is 1700 g/mol. The second kappa shape index (κ2) is 35.8. The summed E-state index contributed by atoms with van der Waals surface area (Å²) in [6, 6.07) is 8.05. The van der Waals surface area contributed by atoms with E-state index in [0.717, 1.165) is 0 Å². The predicted octanol–water partition coefficient (Wildman–Crippen LogP) is 3.48. The van der Waals surface area contributed by atoms with Crippen LogP contribution in [0.25, 0.3) is 0 Å². The van der Waals surface area contributed by atoms with Gasteiger partial charge in [-0.05, 0) is 110 Å². The summed E-state index contributed by atoms with van der Waals surface area (Å²) in [6.45, 7) is -2.73. The topological polar surface area (TPSA) is 767 Å². The molecule has 0 aromatic heterocycles. The second-order valence-corrected chi connectivity index (χ2v) is 25.9. The molecule has 24 N–H and O–H groups in total. The number of phenols is 24. The van der Waals surface area contributed by atoms with Crippen molar-refractivity contribution in [2.45, 2.75) is 93.5 Å². The summed E-state index contributed by atoms with van der Waals surface area (Å²) < 4.78 is 68.2. The first-order chi connectivity index (χ1) is 57.0. The number of unbranched alkanes of at least 4 members (excludes halogenated alkanes) is 2. The van der Waals surface area contributed by atoms with Crippen molar-refractivity contribution in [3.8, 4) is 138 Å². The van der Waals surface area contributed by atoms with Crippen molar-refractivity contribution in [2.75, 3.05) is 13.2 Å². The zero-order valence-corrected chi connectivity index (χ0v) is 60.7. The molecule has 10 atom stereocenters. The van der Waals surface area contributed by atoms with E-state index < -0.39 is 342 Å². The molecule has 0 bridgehead atoms. The van der Waals surface area contributed by atoms with E-state index in [1.165, 1.54) is 0 Å². The number of benzene rings is 8. The lowest BCUT2D eigenvalue weighted by Crippen LogP contribution is -2.63. The summed E-state index contributed by atoms with van der Waals surface area (Å²) in [5.74, 6) is -44.8. The van der Waals surface area contributed by atoms with Crippen LogP contribution < -0.4 is 0 Å². The van der Waals surface area contributed by atoms with Crippen LogP contribution in [0.15, 0.2) is 97.1 Å². The minimum Gasteiger partial charge on any atom is -0.504 e. The summed E-state index contributed by atoms with van der Waals surface area (Å²) in [5, 5.41) is 247. The Morgan fingerprint density at radius 2 is 0.380 bits per heavy atom. The first kappa shape index (κ1) is 87.0. The van der Waals surface area contributed by atoms with Gasteiger partial charge in [0.05, 0.1) is 44.5 Å². The number of carbonyl (C=O) groups is 10. The summed E-state index contributed by atoms with van der Waals surface area (Å²) in [5.41, 5.74) is -6.91. The molecule has 2 saturated heterocycles. The van der Waals surface area contributed by atoms with Crippen LogP contribution in [-0.4, -0.2) is 257 Å². The van der Waals surface area contributed by atoms with Crippen LogP contribution >= 0.6 is 0 Å². The maximum Gasteiger partial charge on any atom is 0.339 e. The van der Waals surface area contributed by atoms with Crippen molar-refractivity contribution in [1.82, 2.24) is 0 Å². The van der Waals surface area contributed by atoms with E-state index in [9.17, 15) is 171 Å². The summed E-state index contributed by atoms with van der Waals surface area (Å²) >= 11 is 0. The van der Waals surface area contributed by atoms with Crippen LogP contribution in [0.1, 0.15) is 115 Å². The number of hydrogen-bond donors (Lipinski definition) is 24. The number of aromatic hydroxyl groups is 24. The third kappa shape index (κ3) is 19.6. The van der Waals surface area contributed by atoms with Crippen LogP contribution in [-0.2, 0) is 66.4 Å². The van der Waals surface area contributed by atoms with Gasteiger partial charge in [-0.1, -0.05) is 6.42 Å². The largest absolute Gasteiger partial charge is 0.504 e. The van der Waals surface area contributed by atoms with Crippen molar-refractivity contribution in [3.63, 3.8) is 0 Å². The van der Waals surface area contributed by atoms with Gasteiger partial charge in [0.2, 0.25) is 24.8 Å². The number of carbonyl (C=O) groups excluding carboxylic acids is 10. The molecule has 0 saturated carbocycles. The van der Waals surface area contributed by atoms with Crippen LogP contribution in [0, 0.1) is 0 Å². The number of ether oxygens (including phenoxy) is 12. The highest BCUT2D eigenvalue weighted by Gasteiger charge is 2.57. The lowest BCUT2D eigenvalue weighted by molar-refractivity contribution is -0.290. The van der Waals surface area contributed by atoms with Gasteiger partial charge in [0.1, 0.15) is 25.4 Å². The molecule has 2 heterocycles. The fourth-order valence-electron chi connectivity index (χ4n) is 11.5. The lowest BCUT2D eigenvalue weighted by Gasteiger charge is -2.44. The number of esters is 10. The Hall–Kier alpha value is -16.4. The average molecular weight is 1700 g/mol. The molecule has 46 nitrogen and oxygen atoms in total. The molecular weight excluding hydrogens is 1640 g/mol. The highest BCUT2D eigenvalue weighted by atomic mass is 16.8. The fourth-order valence-corrected chi connectivity index (χ4v) is 11.5. The molecule has 640 valence electrons. The molecule has 8 aromatic rings. The molecule has 0 unspecified atom stereocenters. The third-order valence-electron chi connectivity index (χ3n) is 17.6. The molecule has 10 rings (SSSR count). The molecule has 121 heavy (non-hydrogen) atoms.